The van der Waals surface area contributed by atoms with Gasteiger partial charge in [0.2, 0.25) is 0 Å². The molecule has 3 aromatic carbocycles. The summed E-state index contributed by atoms with van der Waals surface area (Å²) in [5, 5.41) is 4.23. The van der Waals surface area contributed by atoms with E-state index < -0.39 is 0 Å². The number of ether oxygens (including phenoxy) is 1. The lowest BCUT2D eigenvalue weighted by Crippen LogP contribution is -2.31. The van der Waals surface area contributed by atoms with Crippen molar-refractivity contribution in [1.29, 1.82) is 0 Å². The van der Waals surface area contributed by atoms with Crippen molar-refractivity contribution in [3.8, 4) is 5.75 Å². The molecule has 186 valence electrons. The highest BCUT2D eigenvalue weighted by atomic mass is 16.5. The lowest BCUT2D eigenvalue weighted by molar-refractivity contribution is 0.0955. The molecule has 0 spiro atoms. The minimum atomic E-state index is -0.297. The zero-order valence-electron chi connectivity index (χ0n) is 21.8. The summed E-state index contributed by atoms with van der Waals surface area (Å²) in [6, 6.07) is 24.3. The predicted molar refractivity (Wildman–Crippen MR) is 148 cm³/mol. The maximum absolute atomic E-state index is 12.4. The molecule has 0 bridgehead atoms. The SMILES string of the molecule is CCN1/C(=C\C=N\NC(=O)c2ccccc2)C(C)(Cc2ccc(C(C)C)cc2)c2cc(OC)ccc21. The first kappa shape index (κ1) is 25.2. The molecule has 1 aliphatic rings. The number of hydrogen-bond donors (Lipinski definition) is 1. The smallest absolute Gasteiger partial charge is 0.271 e. The zero-order chi connectivity index (χ0) is 25.7. The maximum Gasteiger partial charge on any atom is 0.271 e. The van der Waals surface area contributed by atoms with Gasteiger partial charge in [0.25, 0.3) is 5.91 Å². The Hall–Kier alpha value is -3.86. The van der Waals surface area contributed by atoms with E-state index in [0.29, 0.717) is 11.5 Å². The topological polar surface area (TPSA) is 53.9 Å². The molecule has 1 N–H and O–H groups in total. The summed E-state index contributed by atoms with van der Waals surface area (Å²) in [6.07, 6.45) is 4.53. The highest BCUT2D eigenvalue weighted by molar-refractivity contribution is 5.94. The molecule has 1 aliphatic heterocycles. The number of carbonyl (C=O) groups excluding carboxylic acids is 1. The van der Waals surface area contributed by atoms with Crippen LogP contribution >= 0.6 is 0 Å². The van der Waals surface area contributed by atoms with Crippen LogP contribution in [0.2, 0.25) is 0 Å². The number of nitrogens with one attached hydrogen (secondary N) is 1. The Labute approximate surface area is 214 Å². The van der Waals surface area contributed by atoms with Gasteiger partial charge in [-0.1, -0.05) is 56.3 Å². The number of benzene rings is 3. The van der Waals surface area contributed by atoms with Gasteiger partial charge < -0.3 is 9.64 Å². The largest absolute Gasteiger partial charge is 0.497 e. The van der Waals surface area contributed by atoms with Gasteiger partial charge in [-0.2, -0.15) is 5.10 Å². The molecule has 1 heterocycles. The number of anilines is 1. The van der Waals surface area contributed by atoms with Crippen molar-refractivity contribution in [3.63, 3.8) is 0 Å². The quantitative estimate of drug-likeness (QED) is 0.297. The van der Waals surface area contributed by atoms with Crippen molar-refractivity contribution < 1.29 is 9.53 Å². The van der Waals surface area contributed by atoms with Crippen LogP contribution in [0.4, 0.5) is 5.69 Å². The number of carbonyl (C=O) groups is 1. The van der Waals surface area contributed by atoms with Crippen molar-refractivity contribution in [2.24, 2.45) is 5.10 Å². The molecule has 4 rings (SSSR count). The molecule has 1 amide bonds. The summed E-state index contributed by atoms with van der Waals surface area (Å²) in [4.78, 5) is 14.7. The first-order chi connectivity index (χ1) is 17.4. The molecule has 1 atom stereocenters. The van der Waals surface area contributed by atoms with E-state index >= 15 is 0 Å². The van der Waals surface area contributed by atoms with Gasteiger partial charge in [-0.05, 0) is 79.3 Å². The number of amides is 1. The van der Waals surface area contributed by atoms with Gasteiger partial charge in [-0.15, -0.1) is 0 Å². The van der Waals surface area contributed by atoms with E-state index in [-0.39, 0.29) is 11.3 Å². The Balaban J connectivity index is 1.68. The maximum atomic E-state index is 12.4. The standard InChI is InChI=1S/C31H35N3O2/c1-6-34-28-17-16-26(36-5)20-27(28)31(4,21-23-12-14-24(15-13-23)22(2)3)29(34)18-19-32-33-30(35)25-10-8-7-9-11-25/h7-20,22H,6,21H2,1-5H3,(H,33,35)/b29-18-,32-19+. The van der Waals surface area contributed by atoms with Gasteiger partial charge in [-0.3, -0.25) is 4.79 Å². The second-order valence-corrected chi connectivity index (χ2v) is 9.67. The Kier molecular flexibility index (Phi) is 7.58. The van der Waals surface area contributed by atoms with Crippen LogP contribution in [-0.2, 0) is 11.8 Å². The van der Waals surface area contributed by atoms with Crippen molar-refractivity contribution in [1.82, 2.24) is 5.43 Å². The number of rotatable bonds is 8. The van der Waals surface area contributed by atoms with Crippen LogP contribution in [-0.4, -0.2) is 25.8 Å². The molecule has 3 aromatic rings. The average molecular weight is 482 g/mol. The van der Waals surface area contributed by atoms with Gasteiger partial charge in [0.05, 0.1) is 7.11 Å². The normalized spacial score (nSPS) is 18.2. The van der Waals surface area contributed by atoms with E-state index in [2.05, 4.69) is 79.5 Å². The third-order valence-corrected chi connectivity index (χ3v) is 6.97. The summed E-state index contributed by atoms with van der Waals surface area (Å²) in [5.74, 6) is 1.11. The first-order valence-electron chi connectivity index (χ1n) is 12.5. The molecular weight excluding hydrogens is 446 g/mol. The Morgan fingerprint density at radius 1 is 1.08 bits per heavy atom. The minimum Gasteiger partial charge on any atom is -0.497 e. The van der Waals surface area contributed by atoms with Gasteiger partial charge in [-0.25, -0.2) is 5.43 Å². The molecule has 0 saturated heterocycles. The first-order valence-corrected chi connectivity index (χ1v) is 12.5. The zero-order valence-corrected chi connectivity index (χ0v) is 21.8. The number of fused-ring (bicyclic) bond motifs is 1. The fraction of sp³-hybridized carbons (Fsp3) is 0.290. The van der Waals surface area contributed by atoms with Crippen LogP contribution in [0.15, 0.2) is 89.7 Å². The van der Waals surface area contributed by atoms with Crippen molar-refractivity contribution in [2.45, 2.75) is 45.4 Å². The summed E-state index contributed by atoms with van der Waals surface area (Å²) in [5.41, 5.74) is 9.06. The number of hydrogen-bond acceptors (Lipinski definition) is 4. The monoisotopic (exact) mass is 481 g/mol. The molecule has 36 heavy (non-hydrogen) atoms. The van der Waals surface area contributed by atoms with E-state index in [1.54, 1.807) is 25.5 Å². The fourth-order valence-corrected chi connectivity index (χ4v) is 4.97. The van der Waals surface area contributed by atoms with Gasteiger partial charge >= 0.3 is 0 Å². The molecule has 0 fully saturated rings. The molecule has 0 aliphatic carbocycles. The lowest BCUT2D eigenvalue weighted by atomic mass is 9.76. The number of nitrogens with zero attached hydrogens (tertiary/aromatic N) is 2. The summed E-state index contributed by atoms with van der Waals surface area (Å²) in [7, 11) is 1.70. The van der Waals surface area contributed by atoms with E-state index in [4.69, 9.17) is 4.74 Å². The molecule has 0 saturated carbocycles. The van der Waals surface area contributed by atoms with E-state index in [1.807, 2.05) is 30.3 Å². The van der Waals surface area contributed by atoms with Crippen LogP contribution in [0, 0.1) is 0 Å². The Bertz CT molecular complexity index is 1260. The summed E-state index contributed by atoms with van der Waals surface area (Å²) < 4.78 is 5.58. The van der Waals surface area contributed by atoms with Gasteiger partial charge in [0.15, 0.2) is 0 Å². The molecule has 0 radical (unpaired) electrons. The summed E-state index contributed by atoms with van der Waals surface area (Å²) in [6.45, 7) is 9.67. The van der Waals surface area contributed by atoms with Crippen molar-refractivity contribution in [3.05, 3.63) is 107 Å². The number of hydrazone groups is 1. The highest BCUT2D eigenvalue weighted by Gasteiger charge is 2.43. The number of methoxy groups -OCH3 is 1. The number of likely N-dealkylation sites (N-methyl/N-ethyl adjacent to an activating group) is 1. The average Bonchev–Trinajstić information content (AvgIpc) is 3.13. The summed E-state index contributed by atoms with van der Waals surface area (Å²) >= 11 is 0. The minimum absolute atomic E-state index is 0.231. The molecule has 5 nitrogen and oxygen atoms in total. The fourth-order valence-electron chi connectivity index (χ4n) is 4.97. The number of allylic oxidation sites excluding steroid dienone is 2. The molecule has 0 aromatic heterocycles. The Morgan fingerprint density at radius 3 is 2.44 bits per heavy atom. The highest BCUT2D eigenvalue weighted by Crippen LogP contribution is 2.50. The third kappa shape index (κ3) is 5.06. The van der Waals surface area contributed by atoms with Crippen LogP contribution < -0.4 is 15.1 Å². The van der Waals surface area contributed by atoms with Crippen LogP contribution in [0.25, 0.3) is 0 Å². The molecule has 5 heteroatoms. The predicted octanol–water partition coefficient (Wildman–Crippen LogP) is 6.46. The van der Waals surface area contributed by atoms with Crippen LogP contribution in [0.1, 0.15) is 60.7 Å². The van der Waals surface area contributed by atoms with E-state index in [1.165, 1.54) is 22.4 Å². The van der Waals surface area contributed by atoms with Crippen LogP contribution in [0.5, 0.6) is 5.75 Å². The van der Waals surface area contributed by atoms with Gasteiger partial charge in [0, 0.05) is 35.1 Å². The van der Waals surface area contributed by atoms with E-state index in [0.717, 1.165) is 24.4 Å². The lowest BCUT2D eigenvalue weighted by Gasteiger charge is -2.30. The Morgan fingerprint density at radius 2 is 1.81 bits per heavy atom. The van der Waals surface area contributed by atoms with Gasteiger partial charge in [0.1, 0.15) is 5.75 Å². The van der Waals surface area contributed by atoms with Crippen molar-refractivity contribution >= 4 is 17.8 Å². The second kappa shape index (κ2) is 10.8. The van der Waals surface area contributed by atoms with Crippen LogP contribution in [0.3, 0.4) is 0 Å². The molecular formula is C31H35N3O2. The molecule has 1 unspecified atom stereocenters. The third-order valence-electron chi connectivity index (χ3n) is 6.97. The van der Waals surface area contributed by atoms with Crippen molar-refractivity contribution in [2.75, 3.05) is 18.6 Å². The second-order valence-electron chi connectivity index (χ2n) is 9.67. The van der Waals surface area contributed by atoms with E-state index in [9.17, 15) is 4.79 Å².